The Morgan fingerprint density at radius 2 is 1.58 bits per heavy atom. The van der Waals surface area contributed by atoms with E-state index < -0.39 is 5.79 Å². The summed E-state index contributed by atoms with van der Waals surface area (Å²) in [5, 5.41) is 0. The first kappa shape index (κ1) is 18.6. The lowest BCUT2D eigenvalue weighted by atomic mass is 9.81. The van der Waals surface area contributed by atoms with E-state index >= 15 is 0 Å². The van der Waals surface area contributed by atoms with Gasteiger partial charge in [-0.15, -0.1) is 0 Å². The van der Waals surface area contributed by atoms with Crippen molar-refractivity contribution in [2.45, 2.75) is 66.1 Å². The molecule has 0 amide bonds. The second-order valence-corrected chi connectivity index (χ2v) is 6.06. The van der Waals surface area contributed by atoms with Gasteiger partial charge in [-0.2, -0.15) is 0 Å². The van der Waals surface area contributed by atoms with Crippen LogP contribution in [0.1, 0.15) is 60.3 Å². The van der Waals surface area contributed by atoms with Crippen molar-refractivity contribution in [3.8, 4) is 0 Å². The Kier molecular flexibility index (Phi) is 8.53. The van der Waals surface area contributed by atoms with Crippen LogP contribution in [0.15, 0.2) is 0 Å². The minimum atomic E-state index is -0.568. The van der Waals surface area contributed by atoms with Crippen molar-refractivity contribution in [3.63, 3.8) is 0 Å². The molecule has 0 bridgehead atoms. The number of hydrogen-bond acceptors (Lipinski definition) is 4. The third kappa shape index (κ3) is 6.06. The summed E-state index contributed by atoms with van der Waals surface area (Å²) in [6.07, 6.45) is 3.00. The largest absolute Gasteiger partial charge is 0.529 e. The third-order valence-electron chi connectivity index (χ3n) is 3.26. The smallest absolute Gasteiger partial charge is 0.291 e. The monoisotopic (exact) mass is 290 g/mol. The van der Waals surface area contributed by atoms with Gasteiger partial charge in [-0.3, -0.25) is 4.79 Å². The van der Waals surface area contributed by atoms with E-state index in [2.05, 4.69) is 20.8 Å². The number of carbonyl (C=O) groups is 1. The highest BCUT2D eigenvalue weighted by molar-refractivity contribution is 6.05. The van der Waals surface area contributed by atoms with Gasteiger partial charge in [0.2, 0.25) is 10.5 Å². The summed E-state index contributed by atoms with van der Waals surface area (Å²) in [4.78, 5) is 11.1. The number of carbonyl (C=O) groups excluding carboxylic acids is 1. The Hall–Kier alpha value is -0.393. The van der Waals surface area contributed by atoms with E-state index in [-0.39, 0.29) is 11.4 Å². The molecule has 0 aliphatic rings. The minimum Gasteiger partial charge on any atom is -0.529 e. The van der Waals surface area contributed by atoms with E-state index in [1.165, 1.54) is 0 Å². The molecule has 19 heavy (non-hydrogen) atoms. The van der Waals surface area contributed by atoms with Crippen LogP contribution >= 0.6 is 0 Å². The fourth-order valence-corrected chi connectivity index (χ4v) is 2.39. The standard InChI is InChI=1S/C14H30O4Si/c1-6-16-14(17-7-2,13(3,4)5)11-9-8-10-12(15)18-19/h6-11H2,1-5,19H3. The third-order valence-corrected chi connectivity index (χ3v) is 3.72. The van der Waals surface area contributed by atoms with Gasteiger partial charge in [-0.25, -0.2) is 0 Å². The van der Waals surface area contributed by atoms with Crippen molar-refractivity contribution in [1.29, 1.82) is 0 Å². The van der Waals surface area contributed by atoms with Crippen LogP contribution in [0.25, 0.3) is 0 Å². The molecule has 0 aromatic rings. The second-order valence-electron chi connectivity index (χ2n) is 5.65. The summed E-state index contributed by atoms with van der Waals surface area (Å²) < 4.78 is 16.7. The van der Waals surface area contributed by atoms with Gasteiger partial charge in [0.1, 0.15) is 0 Å². The van der Waals surface area contributed by atoms with E-state index in [1.807, 2.05) is 13.8 Å². The number of hydrogen-bond donors (Lipinski definition) is 0. The zero-order valence-electron chi connectivity index (χ0n) is 13.4. The van der Waals surface area contributed by atoms with Gasteiger partial charge in [0.05, 0.1) is 0 Å². The Labute approximate surface area is 120 Å². The van der Waals surface area contributed by atoms with Crippen molar-refractivity contribution in [3.05, 3.63) is 0 Å². The van der Waals surface area contributed by atoms with Crippen LogP contribution < -0.4 is 0 Å². The molecule has 0 aliphatic carbocycles. The topological polar surface area (TPSA) is 44.8 Å². The lowest BCUT2D eigenvalue weighted by Crippen LogP contribution is -2.48. The Bertz CT molecular complexity index is 255. The molecule has 0 fully saturated rings. The molecule has 0 heterocycles. The summed E-state index contributed by atoms with van der Waals surface area (Å²) in [5.74, 6) is -0.665. The first-order valence-corrected chi connectivity index (χ1v) is 7.99. The molecule has 0 aromatic carbocycles. The molecule has 0 N–H and O–H groups in total. The van der Waals surface area contributed by atoms with Gasteiger partial charge in [0, 0.05) is 31.5 Å². The molecule has 114 valence electrons. The van der Waals surface area contributed by atoms with Crippen molar-refractivity contribution in [2.24, 2.45) is 5.41 Å². The number of rotatable bonds is 9. The maximum atomic E-state index is 11.1. The summed E-state index contributed by atoms with van der Waals surface area (Å²) in [5.41, 5.74) is -0.100. The Morgan fingerprint density at radius 3 is 1.95 bits per heavy atom. The molecular formula is C14H30O4Si. The lowest BCUT2D eigenvalue weighted by Gasteiger charge is -2.44. The van der Waals surface area contributed by atoms with E-state index in [0.29, 0.717) is 30.1 Å². The van der Waals surface area contributed by atoms with Crippen molar-refractivity contribution in [2.75, 3.05) is 13.2 Å². The van der Waals surface area contributed by atoms with E-state index in [4.69, 9.17) is 13.9 Å². The zero-order chi connectivity index (χ0) is 14.9. The summed E-state index contributed by atoms with van der Waals surface area (Å²) in [6, 6.07) is 0. The Morgan fingerprint density at radius 1 is 1.05 bits per heavy atom. The molecule has 4 nitrogen and oxygen atoms in total. The highest BCUT2D eigenvalue weighted by Gasteiger charge is 2.43. The molecule has 0 aliphatic heterocycles. The highest BCUT2D eigenvalue weighted by Crippen LogP contribution is 2.39. The fourth-order valence-electron chi connectivity index (χ4n) is 2.19. The Balaban J connectivity index is 4.53. The number of unbranched alkanes of at least 4 members (excludes halogenated alkanes) is 1. The molecule has 0 aromatic heterocycles. The lowest BCUT2D eigenvalue weighted by molar-refractivity contribution is -0.289. The first-order chi connectivity index (χ1) is 8.83. The average molecular weight is 290 g/mol. The molecule has 0 radical (unpaired) electrons. The van der Waals surface area contributed by atoms with Gasteiger partial charge >= 0.3 is 0 Å². The van der Waals surface area contributed by atoms with Crippen LogP contribution in [-0.4, -0.2) is 35.5 Å². The molecule has 0 saturated carbocycles. The van der Waals surface area contributed by atoms with Gasteiger partial charge in [-0.05, 0) is 26.7 Å². The zero-order valence-corrected chi connectivity index (χ0v) is 15.4. The van der Waals surface area contributed by atoms with Crippen LogP contribution in [0.5, 0.6) is 0 Å². The predicted octanol–water partition coefficient (Wildman–Crippen LogP) is 2.19. The quantitative estimate of drug-likeness (QED) is 0.371. The van der Waals surface area contributed by atoms with Crippen LogP contribution in [0.2, 0.25) is 0 Å². The van der Waals surface area contributed by atoms with Crippen LogP contribution in [0.3, 0.4) is 0 Å². The van der Waals surface area contributed by atoms with Gasteiger partial charge in [-0.1, -0.05) is 20.8 Å². The molecular weight excluding hydrogens is 260 g/mol. The normalized spacial score (nSPS) is 12.7. The fraction of sp³-hybridized carbons (Fsp3) is 0.929. The summed E-state index contributed by atoms with van der Waals surface area (Å²) in [6.45, 7) is 11.6. The maximum Gasteiger partial charge on any atom is 0.291 e. The molecule has 0 unspecified atom stereocenters. The molecule has 0 rings (SSSR count). The van der Waals surface area contributed by atoms with E-state index in [0.717, 1.165) is 19.3 Å². The van der Waals surface area contributed by atoms with Crippen LogP contribution in [-0.2, 0) is 18.7 Å². The van der Waals surface area contributed by atoms with Crippen LogP contribution in [0.4, 0.5) is 0 Å². The number of ether oxygens (including phenoxy) is 2. The second kappa shape index (κ2) is 8.71. The van der Waals surface area contributed by atoms with Crippen molar-refractivity contribution in [1.82, 2.24) is 0 Å². The van der Waals surface area contributed by atoms with Crippen molar-refractivity contribution >= 4 is 16.5 Å². The van der Waals surface area contributed by atoms with E-state index in [9.17, 15) is 4.79 Å². The first-order valence-electron chi connectivity index (χ1n) is 7.17. The van der Waals surface area contributed by atoms with Gasteiger partial charge in [0.15, 0.2) is 5.79 Å². The average Bonchev–Trinajstić information content (AvgIpc) is 2.33. The van der Waals surface area contributed by atoms with Crippen LogP contribution in [0, 0.1) is 5.41 Å². The maximum absolute atomic E-state index is 11.1. The molecule has 0 atom stereocenters. The van der Waals surface area contributed by atoms with Crippen molar-refractivity contribution < 1.29 is 18.7 Å². The van der Waals surface area contributed by atoms with E-state index in [1.54, 1.807) is 0 Å². The summed E-state index contributed by atoms with van der Waals surface area (Å²) in [7, 11) is 0.478. The van der Waals surface area contributed by atoms with Gasteiger partial charge < -0.3 is 13.9 Å². The van der Waals surface area contributed by atoms with Gasteiger partial charge in [0.25, 0.3) is 5.97 Å². The SMILES string of the molecule is CCOC(CCCCC(=O)O[SiH3])(OCC)C(C)(C)C. The predicted molar refractivity (Wildman–Crippen MR) is 79.9 cm³/mol. The molecule has 0 spiro atoms. The molecule has 5 heteroatoms. The molecule has 0 saturated heterocycles. The highest BCUT2D eigenvalue weighted by atomic mass is 28.2. The minimum absolute atomic E-state index is 0.0964. The summed E-state index contributed by atoms with van der Waals surface area (Å²) >= 11 is 0.